The fraction of sp³-hybridized carbons (Fsp3) is 0.229. The van der Waals surface area contributed by atoms with Gasteiger partial charge in [0, 0.05) is 26.7 Å². The van der Waals surface area contributed by atoms with Crippen LogP contribution in [0, 0.1) is 20.8 Å². The summed E-state index contributed by atoms with van der Waals surface area (Å²) in [5.41, 5.74) is 8.24. The van der Waals surface area contributed by atoms with Crippen LogP contribution in [0.3, 0.4) is 0 Å². The van der Waals surface area contributed by atoms with Crippen molar-refractivity contribution in [2.45, 2.75) is 46.1 Å². The number of carbonyl (C=O) groups is 2. The zero-order valence-corrected chi connectivity index (χ0v) is 27.7. The Labute approximate surface area is 280 Å². The third-order valence-electron chi connectivity index (χ3n) is 8.53. The number of hydrogen-bond donors (Lipinski definition) is 1. The lowest BCUT2D eigenvalue weighted by atomic mass is 9.99. The number of esters is 1. The third kappa shape index (κ3) is 5.77. The summed E-state index contributed by atoms with van der Waals surface area (Å²) in [7, 11) is 1.36. The van der Waals surface area contributed by atoms with Crippen molar-refractivity contribution in [3.63, 3.8) is 0 Å². The zero-order valence-electron chi connectivity index (χ0n) is 26.2. The highest BCUT2D eigenvalue weighted by molar-refractivity contribution is 7.15. The van der Waals surface area contributed by atoms with Gasteiger partial charge >= 0.3 is 5.97 Å². The largest absolute Gasteiger partial charge is 0.465 e. The molecule has 0 bridgehead atoms. The molecule has 0 saturated carbocycles. The molecule has 5 aromatic rings. The topological polar surface area (TPSA) is 123 Å². The smallest absolute Gasteiger partial charge is 0.337 e. The summed E-state index contributed by atoms with van der Waals surface area (Å²) in [6.07, 6.45) is 1.35. The van der Waals surface area contributed by atoms with Crippen LogP contribution in [-0.2, 0) is 22.4 Å². The Bertz CT molecular complexity index is 2130. The Morgan fingerprint density at radius 2 is 1.66 bits per heavy atom. The van der Waals surface area contributed by atoms with E-state index in [1.165, 1.54) is 12.0 Å². The highest BCUT2D eigenvalue weighted by Crippen LogP contribution is 2.40. The van der Waals surface area contributed by atoms with Gasteiger partial charge in [0.2, 0.25) is 5.91 Å². The molecule has 0 fully saturated rings. The molecule has 4 heterocycles. The Morgan fingerprint density at radius 3 is 2.38 bits per heavy atom. The van der Waals surface area contributed by atoms with Crippen molar-refractivity contribution in [2.24, 2.45) is 15.2 Å². The summed E-state index contributed by atoms with van der Waals surface area (Å²) in [4.78, 5) is 32.1. The number of hydrogen-bond acceptors (Lipinski definition) is 9. The molecule has 47 heavy (non-hydrogen) atoms. The number of anilines is 1. The van der Waals surface area contributed by atoms with E-state index in [9.17, 15) is 9.59 Å². The Balaban J connectivity index is 1.18. The maximum absolute atomic E-state index is 13.7. The average molecular weight is 664 g/mol. The van der Waals surface area contributed by atoms with Gasteiger partial charge < -0.3 is 10.1 Å². The predicted molar refractivity (Wildman–Crippen MR) is 182 cm³/mol. The lowest BCUT2D eigenvalue weighted by Crippen LogP contribution is -2.17. The first-order valence-electron chi connectivity index (χ1n) is 15.1. The molecule has 12 heteroatoms. The SMILES string of the molecule is COC(=O)c1ccc2c(c1)CCc1cc(NC(=O)C[C@@H]3N=C(c4ccc(Cl)cc4)c4c(sc(C)c4C)-n4c(C)nnc43)ccc1N=N2. The normalized spacial score (nSPS) is 14.8. The van der Waals surface area contributed by atoms with Gasteiger partial charge in [-0.05, 0) is 98.8 Å². The van der Waals surface area contributed by atoms with Gasteiger partial charge in [-0.25, -0.2) is 4.79 Å². The Kier molecular flexibility index (Phi) is 8.03. The van der Waals surface area contributed by atoms with Crippen molar-refractivity contribution in [1.82, 2.24) is 14.8 Å². The van der Waals surface area contributed by atoms with E-state index in [0.29, 0.717) is 40.6 Å². The standard InChI is InChI=1S/C35H30ClN7O3S/c1-18-19(2)47-34-31(18)32(21-7-10-25(36)11-8-21)38-29(33-42-39-20(3)43(33)34)17-30(44)37-26-12-14-28-23(16-26)6-5-22-15-24(35(45)46-4)9-13-27(22)40-41-28/h7-16,29H,5-6,17H2,1-4H3,(H,37,44)/t29-/m0/s1. The summed E-state index contributed by atoms with van der Waals surface area (Å²) < 4.78 is 6.91. The highest BCUT2D eigenvalue weighted by atomic mass is 35.5. The second-order valence-corrected chi connectivity index (χ2v) is 13.2. The van der Waals surface area contributed by atoms with E-state index in [-0.39, 0.29) is 12.3 Å². The number of fused-ring (bicyclic) bond motifs is 5. The van der Waals surface area contributed by atoms with Gasteiger partial charge in [-0.1, -0.05) is 23.7 Å². The fourth-order valence-electron chi connectivity index (χ4n) is 5.99. The van der Waals surface area contributed by atoms with Crippen LogP contribution in [0.5, 0.6) is 0 Å². The van der Waals surface area contributed by atoms with Crippen LogP contribution in [0.4, 0.5) is 17.1 Å². The molecule has 0 spiro atoms. The van der Waals surface area contributed by atoms with E-state index in [2.05, 4.69) is 39.6 Å². The van der Waals surface area contributed by atoms with Gasteiger partial charge in [0.15, 0.2) is 5.82 Å². The zero-order chi connectivity index (χ0) is 32.8. The van der Waals surface area contributed by atoms with E-state index in [4.69, 9.17) is 21.3 Å². The van der Waals surface area contributed by atoms with E-state index in [1.807, 2.05) is 54.0 Å². The van der Waals surface area contributed by atoms with Gasteiger partial charge in [0.1, 0.15) is 16.9 Å². The van der Waals surface area contributed by atoms with E-state index >= 15 is 0 Å². The molecule has 1 amide bonds. The number of methoxy groups -OCH3 is 1. The molecule has 2 aliphatic heterocycles. The molecule has 0 aliphatic carbocycles. The van der Waals surface area contributed by atoms with Crippen LogP contribution < -0.4 is 5.32 Å². The van der Waals surface area contributed by atoms with Crippen molar-refractivity contribution in [1.29, 1.82) is 0 Å². The molecule has 2 aromatic heterocycles. The Hall–Kier alpha value is -5.00. The lowest BCUT2D eigenvalue weighted by molar-refractivity contribution is -0.116. The highest BCUT2D eigenvalue weighted by Gasteiger charge is 2.32. The van der Waals surface area contributed by atoms with Gasteiger partial charge in [-0.15, -0.1) is 21.5 Å². The number of amides is 1. The number of nitrogens with zero attached hydrogens (tertiary/aromatic N) is 6. The maximum Gasteiger partial charge on any atom is 0.337 e. The van der Waals surface area contributed by atoms with Crippen molar-refractivity contribution >= 4 is 57.6 Å². The molecular formula is C35H30ClN7O3S. The number of aromatic nitrogens is 3. The van der Waals surface area contributed by atoms with Crippen molar-refractivity contribution in [2.75, 3.05) is 12.4 Å². The number of rotatable bonds is 5. The predicted octanol–water partition coefficient (Wildman–Crippen LogP) is 8.13. The van der Waals surface area contributed by atoms with E-state index in [1.54, 1.807) is 29.5 Å². The minimum atomic E-state index is -0.583. The van der Waals surface area contributed by atoms with Crippen LogP contribution in [0.25, 0.3) is 5.00 Å². The maximum atomic E-state index is 13.7. The molecule has 3 aromatic carbocycles. The number of azo groups is 1. The molecular weight excluding hydrogens is 634 g/mol. The summed E-state index contributed by atoms with van der Waals surface area (Å²) in [5.74, 6) is 0.745. The van der Waals surface area contributed by atoms with Gasteiger partial charge in [0.05, 0.1) is 36.2 Å². The number of carbonyl (C=O) groups excluding carboxylic acids is 2. The monoisotopic (exact) mass is 663 g/mol. The summed E-state index contributed by atoms with van der Waals surface area (Å²) in [6, 6.07) is 17.9. The number of halogens is 1. The minimum Gasteiger partial charge on any atom is -0.465 e. The first-order chi connectivity index (χ1) is 22.7. The number of thiophene rings is 1. The molecule has 1 atom stereocenters. The van der Waals surface area contributed by atoms with E-state index < -0.39 is 12.0 Å². The minimum absolute atomic E-state index is 0.0582. The van der Waals surface area contributed by atoms with E-state index in [0.717, 1.165) is 50.0 Å². The quantitative estimate of drug-likeness (QED) is 0.190. The van der Waals surface area contributed by atoms with Crippen LogP contribution in [0.1, 0.15) is 67.2 Å². The summed E-state index contributed by atoms with van der Waals surface area (Å²) >= 11 is 7.90. The number of benzene rings is 3. The number of nitrogens with one attached hydrogen (secondary N) is 1. The van der Waals surface area contributed by atoms with Crippen LogP contribution in [0.15, 0.2) is 75.9 Å². The number of aryl methyl sites for hydroxylation is 4. The first-order valence-corrected chi connectivity index (χ1v) is 16.3. The molecule has 0 unspecified atom stereocenters. The molecule has 2 aliphatic rings. The summed E-state index contributed by atoms with van der Waals surface area (Å²) in [6.45, 7) is 6.11. The molecule has 0 saturated heterocycles. The number of aliphatic imine (C=N–C) groups is 1. The van der Waals surface area contributed by atoms with Crippen molar-refractivity contribution in [3.8, 4) is 5.00 Å². The van der Waals surface area contributed by atoms with Gasteiger partial charge in [0.25, 0.3) is 0 Å². The van der Waals surface area contributed by atoms with Crippen LogP contribution in [-0.4, -0.2) is 39.5 Å². The Morgan fingerprint density at radius 1 is 0.957 bits per heavy atom. The van der Waals surface area contributed by atoms with Crippen LogP contribution >= 0.6 is 22.9 Å². The van der Waals surface area contributed by atoms with Crippen molar-refractivity contribution < 1.29 is 14.3 Å². The number of ether oxygens (including phenoxy) is 1. The second kappa shape index (κ2) is 12.3. The van der Waals surface area contributed by atoms with Gasteiger partial charge in [-0.2, -0.15) is 10.2 Å². The second-order valence-electron chi connectivity index (χ2n) is 11.5. The summed E-state index contributed by atoms with van der Waals surface area (Å²) in [5, 5.41) is 22.5. The first kappa shape index (κ1) is 30.6. The van der Waals surface area contributed by atoms with Crippen LogP contribution in [0.2, 0.25) is 5.02 Å². The fourth-order valence-corrected chi connectivity index (χ4v) is 7.33. The molecule has 7 rings (SSSR count). The lowest BCUT2D eigenvalue weighted by Gasteiger charge is -2.15. The van der Waals surface area contributed by atoms with Gasteiger partial charge in [-0.3, -0.25) is 14.4 Å². The third-order valence-corrected chi connectivity index (χ3v) is 9.97. The molecule has 0 radical (unpaired) electrons. The van der Waals surface area contributed by atoms with Crippen molar-refractivity contribution in [3.05, 3.63) is 116 Å². The molecule has 1 N–H and O–H groups in total. The molecule has 236 valence electrons. The average Bonchev–Trinajstić information content (AvgIpc) is 3.54. The molecule has 10 nitrogen and oxygen atoms in total.